The van der Waals surface area contributed by atoms with Crippen LogP contribution in [0.2, 0.25) is 0 Å². The number of nitrogens with two attached hydrogens (primary N) is 3. The Labute approximate surface area is 217 Å². The van der Waals surface area contributed by atoms with E-state index in [-0.39, 0.29) is 24.2 Å². The van der Waals surface area contributed by atoms with Crippen molar-refractivity contribution in [1.29, 1.82) is 0 Å². The van der Waals surface area contributed by atoms with E-state index < -0.39 is 36.0 Å². The van der Waals surface area contributed by atoms with Gasteiger partial charge >= 0.3 is 12.1 Å². The molecule has 10 N–H and O–H groups in total. The first-order valence-electron chi connectivity index (χ1n) is 11.8. The molecule has 1 aromatic rings. The summed E-state index contributed by atoms with van der Waals surface area (Å²) in [5, 5.41) is 15.9. The number of benzene rings is 1. The van der Waals surface area contributed by atoms with Gasteiger partial charge in [-0.2, -0.15) is 13.2 Å². The van der Waals surface area contributed by atoms with E-state index in [1.165, 1.54) is 0 Å². The van der Waals surface area contributed by atoms with Crippen molar-refractivity contribution in [3.63, 3.8) is 0 Å². The third kappa shape index (κ3) is 12.9. The molecule has 12 nitrogen and oxygen atoms in total. The summed E-state index contributed by atoms with van der Waals surface area (Å²) in [5.74, 6) is -4.19. The van der Waals surface area contributed by atoms with Gasteiger partial charge in [0.05, 0.1) is 0 Å². The molecule has 15 heteroatoms. The first kappa shape index (κ1) is 32.1. The number of rotatable bonds is 11. The minimum Gasteiger partial charge on any atom is -0.475 e. The Balaban J connectivity index is 0.000000905. The van der Waals surface area contributed by atoms with E-state index in [0.717, 1.165) is 18.7 Å². The van der Waals surface area contributed by atoms with Crippen LogP contribution in [0.5, 0.6) is 0 Å². The zero-order valence-electron chi connectivity index (χ0n) is 20.7. The number of nitrogens with one attached hydrogen (secondary N) is 3. The average molecular weight is 546 g/mol. The van der Waals surface area contributed by atoms with E-state index in [1.54, 1.807) is 0 Å². The summed E-state index contributed by atoms with van der Waals surface area (Å²) in [6.45, 7) is 1.86. The van der Waals surface area contributed by atoms with Crippen LogP contribution in [0.15, 0.2) is 35.3 Å². The molecule has 0 unspecified atom stereocenters. The van der Waals surface area contributed by atoms with Gasteiger partial charge in [-0.3, -0.25) is 19.4 Å². The smallest absolute Gasteiger partial charge is 0.475 e. The molecular formula is C23H34F3N7O5. The molecule has 212 valence electrons. The Kier molecular flexibility index (Phi) is 13.6. The maximum Gasteiger partial charge on any atom is 0.490 e. The van der Waals surface area contributed by atoms with E-state index >= 15 is 0 Å². The van der Waals surface area contributed by atoms with Crippen molar-refractivity contribution in [2.75, 3.05) is 19.6 Å². The summed E-state index contributed by atoms with van der Waals surface area (Å²) in [4.78, 5) is 50.4. The molecule has 3 amide bonds. The first-order chi connectivity index (χ1) is 17.8. The molecule has 0 bridgehead atoms. The van der Waals surface area contributed by atoms with Gasteiger partial charge in [0.1, 0.15) is 12.1 Å². The van der Waals surface area contributed by atoms with Gasteiger partial charge < -0.3 is 38.3 Å². The molecule has 1 aromatic carbocycles. The second-order valence-corrected chi connectivity index (χ2v) is 8.49. The van der Waals surface area contributed by atoms with E-state index in [2.05, 4.69) is 20.9 Å². The Morgan fingerprint density at radius 2 is 1.61 bits per heavy atom. The Morgan fingerprint density at radius 1 is 1.03 bits per heavy atom. The van der Waals surface area contributed by atoms with Crippen LogP contribution < -0.4 is 33.2 Å². The second kappa shape index (κ2) is 16.1. The number of hydrogen-bond acceptors (Lipinski definition) is 6. The van der Waals surface area contributed by atoms with Crippen molar-refractivity contribution in [1.82, 2.24) is 16.0 Å². The average Bonchev–Trinajstić information content (AvgIpc) is 2.86. The molecule has 0 aromatic heterocycles. The SMILES string of the molecule is NC(=O)[C@H](Cc1ccccc1)NC(=O)[C@H](CCCN=C(N)N)NC(=O)C1CCNCC1.O=C(O)C(F)(F)F. The minimum absolute atomic E-state index is 0.0311. The molecule has 38 heavy (non-hydrogen) atoms. The van der Waals surface area contributed by atoms with Gasteiger partial charge in [0.2, 0.25) is 17.7 Å². The number of hydrogen-bond donors (Lipinski definition) is 7. The summed E-state index contributed by atoms with van der Waals surface area (Å²) in [6, 6.07) is 7.58. The summed E-state index contributed by atoms with van der Waals surface area (Å²) in [5.41, 5.74) is 17.1. The Hall–Kier alpha value is -3.88. The van der Waals surface area contributed by atoms with E-state index in [4.69, 9.17) is 27.1 Å². The zero-order chi connectivity index (χ0) is 28.7. The molecule has 1 saturated heterocycles. The fourth-order valence-corrected chi connectivity index (χ4v) is 3.49. The molecule has 1 aliphatic heterocycles. The molecule has 0 aliphatic carbocycles. The quantitative estimate of drug-likeness (QED) is 0.108. The number of primary amides is 1. The van der Waals surface area contributed by atoms with Crippen molar-refractivity contribution < 1.29 is 37.5 Å². The lowest BCUT2D eigenvalue weighted by Crippen LogP contribution is -2.54. The van der Waals surface area contributed by atoms with Gasteiger partial charge in [-0.25, -0.2) is 4.79 Å². The van der Waals surface area contributed by atoms with Crippen molar-refractivity contribution in [2.45, 2.75) is 50.4 Å². The number of aliphatic imine (C=N–C) groups is 1. The van der Waals surface area contributed by atoms with Gasteiger partial charge in [0, 0.05) is 18.9 Å². The highest BCUT2D eigenvalue weighted by atomic mass is 19.4. The van der Waals surface area contributed by atoms with Crippen LogP contribution in [-0.2, 0) is 25.6 Å². The third-order valence-corrected chi connectivity index (χ3v) is 5.47. The molecule has 1 aliphatic rings. The number of carbonyl (C=O) groups excluding carboxylic acids is 3. The minimum atomic E-state index is -5.08. The second-order valence-electron chi connectivity index (χ2n) is 8.49. The van der Waals surface area contributed by atoms with Crippen LogP contribution in [-0.4, -0.2) is 72.7 Å². The van der Waals surface area contributed by atoms with Crippen molar-refractivity contribution >= 4 is 29.7 Å². The normalized spacial score (nSPS) is 15.1. The van der Waals surface area contributed by atoms with Crippen molar-refractivity contribution in [3.8, 4) is 0 Å². The molecule has 2 atom stereocenters. The maximum atomic E-state index is 13.0. The molecule has 1 heterocycles. The fraction of sp³-hybridized carbons (Fsp3) is 0.522. The van der Waals surface area contributed by atoms with Gasteiger partial charge in [0.25, 0.3) is 0 Å². The standard InChI is InChI=1S/C21H33N7O3.C2HF3O2/c22-18(29)17(13-14-5-2-1-3-6-14)28-20(31)16(7-4-10-26-21(23)24)27-19(30)15-8-11-25-12-9-15;3-2(4,5)1(6)7/h1-3,5-6,15-17,25H,4,7-13H2,(H2,22,29)(H,27,30)(H,28,31)(H4,23,24,26);(H,6,7)/t16-,17-;/m0./s1. The number of guanidine groups is 1. The predicted molar refractivity (Wildman–Crippen MR) is 132 cm³/mol. The molecule has 0 radical (unpaired) electrons. The molecular weight excluding hydrogens is 511 g/mol. The number of alkyl halides is 3. The number of nitrogens with zero attached hydrogens (tertiary/aromatic N) is 1. The number of carboxylic acid groups (broad SMARTS) is 1. The van der Waals surface area contributed by atoms with E-state index in [1.807, 2.05) is 30.3 Å². The fourth-order valence-electron chi connectivity index (χ4n) is 3.49. The van der Waals surface area contributed by atoms with Crippen LogP contribution in [0, 0.1) is 5.92 Å². The highest BCUT2D eigenvalue weighted by Crippen LogP contribution is 2.14. The molecule has 2 rings (SSSR count). The van der Waals surface area contributed by atoms with Crippen LogP contribution in [0.1, 0.15) is 31.2 Å². The highest BCUT2D eigenvalue weighted by molar-refractivity contribution is 5.92. The van der Waals surface area contributed by atoms with Gasteiger partial charge in [0.15, 0.2) is 5.96 Å². The first-order valence-corrected chi connectivity index (χ1v) is 11.8. The lowest BCUT2D eigenvalue weighted by molar-refractivity contribution is -0.192. The number of halogens is 3. The summed E-state index contributed by atoms with van der Waals surface area (Å²) >= 11 is 0. The van der Waals surface area contributed by atoms with E-state index in [9.17, 15) is 27.6 Å². The molecule has 1 fully saturated rings. The summed E-state index contributed by atoms with van der Waals surface area (Å²) in [7, 11) is 0. The number of amides is 3. The van der Waals surface area contributed by atoms with Crippen LogP contribution in [0.3, 0.4) is 0 Å². The van der Waals surface area contributed by atoms with E-state index in [0.29, 0.717) is 32.2 Å². The van der Waals surface area contributed by atoms with Gasteiger partial charge in [-0.15, -0.1) is 0 Å². The Bertz CT molecular complexity index is 950. The van der Waals surface area contributed by atoms with Gasteiger partial charge in [-0.05, 0) is 44.3 Å². The highest BCUT2D eigenvalue weighted by Gasteiger charge is 2.38. The largest absolute Gasteiger partial charge is 0.490 e. The topological polar surface area (TPSA) is 215 Å². The summed E-state index contributed by atoms with van der Waals surface area (Å²) < 4.78 is 31.7. The number of carbonyl (C=O) groups is 4. The molecule has 0 spiro atoms. The van der Waals surface area contributed by atoms with Crippen molar-refractivity contribution in [3.05, 3.63) is 35.9 Å². The van der Waals surface area contributed by atoms with Crippen LogP contribution in [0.25, 0.3) is 0 Å². The number of piperidine rings is 1. The molecule has 0 saturated carbocycles. The zero-order valence-corrected chi connectivity index (χ0v) is 20.7. The maximum absolute atomic E-state index is 13.0. The predicted octanol–water partition coefficient (Wildman–Crippen LogP) is -0.629. The summed E-state index contributed by atoms with van der Waals surface area (Å²) in [6.07, 6.45) is -2.57. The third-order valence-electron chi connectivity index (χ3n) is 5.47. The van der Waals surface area contributed by atoms with Crippen LogP contribution >= 0.6 is 0 Å². The lowest BCUT2D eigenvalue weighted by atomic mass is 9.96. The van der Waals surface area contributed by atoms with Crippen molar-refractivity contribution in [2.24, 2.45) is 28.1 Å². The monoisotopic (exact) mass is 545 g/mol. The number of aliphatic carboxylic acids is 1. The lowest BCUT2D eigenvalue weighted by Gasteiger charge is -2.26. The van der Waals surface area contributed by atoms with Gasteiger partial charge in [-0.1, -0.05) is 30.3 Å². The number of carboxylic acids is 1. The Morgan fingerprint density at radius 3 is 2.11 bits per heavy atom. The van der Waals surface area contributed by atoms with Crippen LogP contribution in [0.4, 0.5) is 13.2 Å².